The number of rotatable bonds is 4. The van der Waals surface area contributed by atoms with E-state index in [1.165, 1.54) is 10.1 Å². The van der Waals surface area contributed by atoms with Crippen LogP contribution in [0.5, 0.6) is 0 Å². The number of fused-ring (bicyclic) bond motifs is 3. The van der Waals surface area contributed by atoms with Gasteiger partial charge in [-0.25, -0.2) is 4.79 Å². The molecule has 1 aliphatic rings. The fourth-order valence-electron chi connectivity index (χ4n) is 4.15. The molecule has 138 valence electrons. The Morgan fingerprint density at radius 2 is 1.74 bits per heavy atom. The van der Waals surface area contributed by atoms with Gasteiger partial charge in [-0.1, -0.05) is 68.4 Å². The van der Waals surface area contributed by atoms with Crippen LogP contribution >= 0.6 is 0 Å². The van der Waals surface area contributed by atoms with Crippen molar-refractivity contribution in [1.29, 1.82) is 0 Å². The van der Waals surface area contributed by atoms with Crippen LogP contribution in [0.4, 0.5) is 0 Å². The number of nitrogens with one attached hydrogen (secondary N) is 1. The molecule has 4 heteroatoms. The summed E-state index contributed by atoms with van der Waals surface area (Å²) in [6.07, 6.45) is 2.31. The molecule has 1 atom stereocenters. The van der Waals surface area contributed by atoms with Crippen molar-refractivity contribution in [1.82, 2.24) is 9.55 Å². The SMILES string of the molecule is CCC1(C)Cc2ccccc2-c2[nH]c(=O)n(CCc3ccccc3)c(=O)c21. The quantitative estimate of drug-likeness (QED) is 0.772. The second-order valence-electron chi connectivity index (χ2n) is 7.62. The van der Waals surface area contributed by atoms with Crippen LogP contribution in [0.25, 0.3) is 11.3 Å². The zero-order chi connectivity index (χ0) is 19.0. The van der Waals surface area contributed by atoms with Crippen LogP contribution in [-0.4, -0.2) is 9.55 Å². The summed E-state index contributed by atoms with van der Waals surface area (Å²) in [4.78, 5) is 29.2. The minimum absolute atomic E-state index is 0.150. The van der Waals surface area contributed by atoms with Gasteiger partial charge >= 0.3 is 5.69 Å². The molecular weight excluding hydrogens is 336 g/mol. The molecule has 4 nitrogen and oxygen atoms in total. The van der Waals surface area contributed by atoms with Gasteiger partial charge in [-0.15, -0.1) is 0 Å². The first kappa shape index (κ1) is 17.5. The lowest BCUT2D eigenvalue weighted by Gasteiger charge is -2.35. The predicted molar refractivity (Wildman–Crippen MR) is 108 cm³/mol. The molecule has 0 saturated heterocycles. The van der Waals surface area contributed by atoms with E-state index < -0.39 is 0 Å². The van der Waals surface area contributed by atoms with Gasteiger partial charge in [0.05, 0.1) is 5.69 Å². The second-order valence-corrected chi connectivity index (χ2v) is 7.62. The highest BCUT2D eigenvalue weighted by molar-refractivity contribution is 5.71. The summed E-state index contributed by atoms with van der Waals surface area (Å²) in [6.45, 7) is 4.62. The summed E-state index contributed by atoms with van der Waals surface area (Å²) in [6, 6.07) is 18.0. The molecule has 0 amide bonds. The zero-order valence-corrected chi connectivity index (χ0v) is 15.8. The van der Waals surface area contributed by atoms with Crippen molar-refractivity contribution in [3.05, 3.63) is 92.1 Å². The van der Waals surface area contributed by atoms with Crippen molar-refractivity contribution in [2.24, 2.45) is 0 Å². The van der Waals surface area contributed by atoms with Gasteiger partial charge in [-0.2, -0.15) is 0 Å². The largest absolute Gasteiger partial charge is 0.328 e. The Labute approximate surface area is 158 Å². The number of H-pyrrole nitrogens is 1. The van der Waals surface area contributed by atoms with Gasteiger partial charge in [0.15, 0.2) is 0 Å². The molecule has 2 aromatic carbocycles. The molecule has 0 spiro atoms. The fraction of sp³-hybridized carbons (Fsp3) is 0.304. The number of aromatic amines is 1. The molecule has 1 aliphatic carbocycles. The molecule has 0 bridgehead atoms. The summed E-state index contributed by atoms with van der Waals surface area (Å²) in [5.74, 6) is 0. The van der Waals surface area contributed by atoms with Gasteiger partial charge < -0.3 is 4.98 Å². The third-order valence-electron chi connectivity index (χ3n) is 5.90. The molecular formula is C23H24N2O2. The number of nitrogens with zero attached hydrogens (tertiary/aromatic N) is 1. The lowest BCUT2D eigenvalue weighted by molar-refractivity contribution is 0.431. The Morgan fingerprint density at radius 1 is 1.04 bits per heavy atom. The average Bonchev–Trinajstić information content (AvgIpc) is 2.68. The van der Waals surface area contributed by atoms with Crippen molar-refractivity contribution in [2.75, 3.05) is 0 Å². The molecule has 1 heterocycles. The Hall–Kier alpha value is -2.88. The van der Waals surface area contributed by atoms with Gasteiger partial charge in [0.25, 0.3) is 5.56 Å². The van der Waals surface area contributed by atoms with Crippen LogP contribution in [0.15, 0.2) is 64.2 Å². The molecule has 4 rings (SSSR count). The lowest BCUT2D eigenvalue weighted by atomic mass is 9.69. The molecule has 1 unspecified atom stereocenters. The number of hydrogen-bond donors (Lipinski definition) is 1. The van der Waals surface area contributed by atoms with E-state index >= 15 is 0 Å². The van der Waals surface area contributed by atoms with Crippen LogP contribution in [0.3, 0.4) is 0 Å². The van der Waals surface area contributed by atoms with Crippen LogP contribution in [0.1, 0.15) is 37.0 Å². The first-order valence-electron chi connectivity index (χ1n) is 9.53. The molecule has 1 N–H and O–H groups in total. The van der Waals surface area contributed by atoms with Crippen LogP contribution in [-0.2, 0) is 24.8 Å². The van der Waals surface area contributed by atoms with E-state index in [4.69, 9.17) is 0 Å². The van der Waals surface area contributed by atoms with Crippen LogP contribution in [0, 0.1) is 0 Å². The highest BCUT2D eigenvalue weighted by Crippen LogP contribution is 2.41. The molecule has 0 radical (unpaired) electrons. The smallest absolute Gasteiger partial charge is 0.306 e. The van der Waals surface area contributed by atoms with E-state index in [0.717, 1.165) is 29.5 Å². The maximum atomic E-state index is 13.4. The molecule has 3 aromatic rings. The summed E-state index contributed by atoms with van der Waals surface area (Å²) in [5.41, 5.74) is 3.97. The highest BCUT2D eigenvalue weighted by Gasteiger charge is 2.37. The topological polar surface area (TPSA) is 54.9 Å². The molecule has 0 fully saturated rings. The van der Waals surface area contributed by atoms with E-state index in [1.807, 2.05) is 48.5 Å². The van der Waals surface area contributed by atoms with Crippen LogP contribution in [0.2, 0.25) is 0 Å². The highest BCUT2D eigenvalue weighted by atomic mass is 16.2. The van der Waals surface area contributed by atoms with Gasteiger partial charge in [0, 0.05) is 23.1 Å². The first-order valence-corrected chi connectivity index (χ1v) is 9.53. The van der Waals surface area contributed by atoms with E-state index in [1.54, 1.807) is 0 Å². The number of aromatic nitrogens is 2. The van der Waals surface area contributed by atoms with Gasteiger partial charge in [-0.05, 0) is 30.4 Å². The van der Waals surface area contributed by atoms with Gasteiger partial charge in [-0.3, -0.25) is 9.36 Å². The number of benzene rings is 2. The third-order valence-corrected chi connectivity index (χ3v) is 5.90. The number of hydrogen-bond acceptors (Lipinski definition) is 2. The minimum atomic E-state index is -0.329. The van der Waals surface area contributed by atoms with E-state index in [-0.39, 0.29) is 16.7 Å². The normalized spacial score (nSPS) is 18.0. The van der Waals surface area contributed by atoms with Crippen molar-refractivity contribution in [3.8, 4) is 11.3 Å². The van der Waals surface area contributed by atoms with Crippen molar-refractivity contribution in [3.63, 3.8) is 0 Å². The molecule has 1 aromatic heterocycles. The maximum Gasteiger partial charge on any atom is 0.328 e. The Bertz CT molecular complexity index is 1100. The van der Waals surface area contributed by atoms with Gasteiger partial charge in [0.1, 0.15) is 0 Å². The van der Waals surface area contributed by atoms with Crippen LogP contribution < -0.4 is 11.2 Å². The molecule has 27 heavy (non-hydrogen) atoms. The second kappa shape index (κ2) is 6.69. The van der Waals surface area contributed by atoms with E-state index in [9.17, 15) is 9.59 Å². The van der Waals surface area contributed by atoms with E-state index in [2.05, 4.69) is 24.9 Å². The zero-order valence-electron chi connectivity index (χ0n) is 15.8. The molecule has 0 aliphatic heterocycles. The maximum absolute atomic E-state index is 13.4. The summed E-state index contributed by atoms with van der Waals surface area (Å²) in [7, 11) is 0. The standard InChI is InChI=1S/C23H24N2O2/c1-3-23(2)15-17-11-7-8-12-18(17)20-19(23)21(26)25(22(27)24-20)14-13-16-9-5-4-6-10-16/h4-12H,3,13-15H2,1-2H3,(H,24,27). The summed E-state index contributed by atoms with van der Waals surface area (Å²) in [5, 5.41) is 0. The fourth-order valence-corrected chi connectivity index (χ4v) is 4.15. The summed E-state index contributed by atoms with van der Waals surface area (Å²) >= 11 is 0. The predicted octanol–water partition coefficient (Wildman–Crippen LogP) is 3.67. The lowest BCUT2D eigenvalue weighted by Crippen LogP contribution is -2.45. The van der Waals surface area contributed by atoms with Crippen molar-refractivity contribution in [2.45, 2.75) is 45.1 Å². The van der Waals surface area contributed by atoms with Crippen molar-refractivity contribution < 1.29 is 0 Å². The van der Waals surface area contributed by atoms with E-state index in [0.29, 0.717) is 18.7 Å². The third kappa shape index (κ3) is 2.95. The van der Waals surface area contributed by atoms with Gasteiger partial charge in [0.2, 0.25) is 0 Å². The minimum Gasteiger partial charge on any atom is -0.306 e. The number of aryl methyl sites for hydroxylation is 1. The summed E-state index contributed by atoms with van der Waals surface area (Å²) < 4.78 is 1.37. The first-order chi connectivity index (χ1) is 13.0. The Kier molecular flexibility index (Phi) is 4.34. The Balaban J connectivity index is 1.85. The Morgan fingerprint density at radius 3 is 2.48 bits per heavy atom. The van der Waals surface area contributed by atoms with Crippen molar-refractivity contribution >= 4 is 0 Å². The monoisotopic (exact) mass is 360 g/mol. The average molecular weight is 360 g/mol. The molecule has 0 saturated carbocycles.